The SMILES string of the molecule is Cc1sc(C(=O)C(F)(F)C(F)F)cc1Br. The third-order valence-electron chi connectivity index (χ3n) is 1.66. The minimum absolute atomic E-state index is 0.371. The number of rotatable bonds is 3. The van der Waals surface area contributed by atoms with Crippen LogP contribution in [0.2, 0.25) is 0 Å². The molecule has 0 spiro atoms. The van der Waals surface area contributed by atoms with Crippen molar-refractivity contribution in [2.75, 3.05) is 0 Å². The summed E-state index contributed by atoms with van der Waals surface area (Å²) in [4.78, 5) is 11.2. The van der Waals surface area contributed by atoms with Crippen LogP contribution in [0.3, 0.4) is 0 Å². The van der Waals surface area contributed by atoms with Gasteiger partial charge in [0.05, 0.1) is 4.88 Å². The maximum atomic E-state index is 12.7. The molecule has 1 nitrogen and oxygen atoms in total. The molecule has 0 amide bonds. The Bertz CT molecular complexity index is 368. The number of Topliss-reactive ketones (excluding diaryl/α,β-unsaturated/α-hetero) is 1. The lowest BCUT2D eigenvalue weighted by molar-refractivity contribution is -0.0956. The largest absolute Gasteiger partial charge is 0.369 e. The van der Waals surface area contributed by atoms with Crippen molar-refractivity contribution in [1.82, 2.24) is 0 Å². The van der Waals surface area contributed by atoms with Crippen LogP contribution in [0.5, 0.6) is 0 Å². The van der Waals surface area contributed by atoms with Crippen LogP contribution in [-0.4, -0.2) is 18.1 Å². The lowest BCUT2D eigenvalue weighted by Crippen LogP contribution is -2.36. The smallest absolute Gasteiger partial charge is 0.286 e. The fourth-order valence-corrected chi connectivity index (χ4v) is 2.35. The van der Waals surface area contributed by atoms with E-state index in [1.54, 1.807) is 6.92 Å². The van der Waals surface area contributed by atoms with Gasteiger partial charge in [0.2, 0.25) is 5.78 Å². The summed E-state index contributed by atoms with van der Waals surface area (Å²) in [5.41, 5.74) is 0. The number of thiophene rings is 1. The Morgan fingerprint density at radius 1 is 1.53 bits per heavy atom. The molecule has 7 heteroatoms. The zero-order valence-corrected chi connectivity index (χ0v) is 9.76. The molecule has 0 aromatic carbocycles. The minimum Gasteiger partial charge on any atom is -0.286 e. The third kappa shape index (κ3) is 2.39. The molecule has 0 atom stereocenters. The van der Waals surface area contributed by atoms with E-state index in [-0.39, 0.29) is 4.88 Å². The molecule has 0 saturated heterocycles. The zero-order chi connectivity index (χ0) is 11.8. The quantitative estimate of drug-likeness (QED) is 0.611. The third-order valence-corrected chi connectivity index (χ3v) is 3.79. The molecule has 0 aliphatic rings. The number of ketones is 1. The van der Waals surface area contributed by atoms with Gasteiger partial charge in [-0.2, -0.15) is 8.78 Å². The molecule has 1 aromatic heterocycles. The van der Waals surface area contributed by atoms with Gasteiger partial charge in [-0.3, -0.25) is 4.79 Å². The Labute approximate surface area is 95.2 Å². The van der Waals surface area contributed by atoms with Gasteiger partial charge in [-0.05, 0) is 28.9 Å². The average molecular weight is 305 g/mol. The Hall–Kier alpha value is -0.430. The summed E-state index contributed by atoms with van der Waals surface area (Å²) < 4.78 is 49.5. The first-order chi connectivity index (χ1) is 6.76. The number of alkyl halides is 4. The van der Waals surface area contributed by atoms with Crippen LogP contribution < -0.4 is 0 Å². The molecule has 0 fully saturated rings. The number of aryl methyl sites for hydroxylation is 1. The Balaban J connectivity index is 3.05. The lowest BCUT2D eigenvalue weighted by atomic mass is 10.2. The number of halogens is 5. The molecule has 0 saturated carbocycles. The number of carbonyl (C=O) groups excluding carboxylic acids is 1. The molecule has 0 N–H and O–H groups in total. The van der Waals surface area contributed by atoms with Gasteiger partial charge < -0.3 is 0 Å². The highest BCUT2D eigenvalue weighted by atomic mass is 79.9. The van der Waals surface area contributed by atoms with E-state index < -0.39 is 18.1 Å². The van der Waals surface area contributed by atoms with Crippen molar-refractivity contribution in [3.63, 3.8) is 0 Å². The van der Waals surface area contributed by atoms with E-state index in [1.807, 2.05) is 0 Å². The molecule has 84 valence electrons. The van der Waals surface area contributed by atoms with E-state index in [0.29, 0.717) is 9.35 Å². The average Bonchev–Trinajstić information content (AvgIpc) is 2.45. The molecule has 15 heavy (non-hydrogen) atoms. The molecule has 1 rings (SSSR count). The molecule has 1 aromatic rings. The van der Waals surface area contributed by atoms with Crippen LogP contribution >= 0.6 is 27.3 Å². The normalized spacial score (nSPS) is 12.2. The zero-order valence-electron chi connectivity index (χ0n) is 7.36. The molecular weight excluding hydrogens is 300 g/mol. The van der Waals surface area contributed by atoms with Crippen molar-refractivity contribution in [3.8, 4) is 0 Å². The van der Waals surface area contributed by atoms with Crippen LogP contribution in [0.1, 0.15) is 14.5 Å². The fraction of sp³-hybridized carbons (Fsp3) is 0.375. The summed E-state index contributed by atoms with van der Waals surface area (Å²) in [6.07, 6.45) is -3.98. The molecule has 0 unspecified atom stereocenters. The standard InChI is InChI=1S/C8H5BrF4OS/c1-3-4(9)2-5(15-3)6(14)8(12,13)7(10)11/h2,7H,1H3. The van der Waals surface area contributed by atoms with Crippen molar-refractivity contribution in [3.05, 3.63) is 20.3 Å². The van der Waals surface area contributed by atoms with Gasteiger partial charge in [-0.15, -0.1) is 11.3 Å². The predicted octanol–water partition coefficient (Wildman–Crippen LogP) is 3.90. The van der Waals surface area contributed by atoms with Gasteiger partial charge >= 0.3 is 12.3 Å². The number of carbonyl (C=O) groups is 1. The minimum atomic E-state index is -4.61. The Morgan fingerprint density at radius 3 is 2.40 bits per heavy atom. The van der Waals surface area contributed by atoms with Crippen molar-refractivity contribution in [1.29, 1.82) is 0 Å². The lowest BCUT2D eigenvalue weighted by Gasteiger charge is -2.11. The molecule has 0 aliphatic carbocycles. The topological polar surface area (TPSA) is 17.1 Å². The molecule has 0 bridgehead atoms. The van der Waals surface area contributed by atoms with E-state index in [2.05, 4.69) is 15.9 Å². The second-order valence-electron chi connectivity index (χ2n) is 2.77. The van der Waals surface area contributed by atoms with Crippen LogP contribution in [0, 0.1) is 6.92 Å². The van der Waals surface area contributed by atoms with Crippen molar-refractivity contribution in [2.24, 2.45) is 0 Å². The predicted molar refractivity (Wildman–Crippen MR) is 52.0 cm³/mol. The first-order valence-electron chi connectivity index (χ1n) is 3.73. The number of hydrogen-bond acceptors (Lipinski definition) is 2. The molecular formula is C8H5BrF4OS. The first kappa shape index (κ1) is 12.6. The van der Waals surface area contributed by atoms with Gasteiger partial charge in [0.1, 0.15) is 0 Å². The fourth-order valence-electron chi connectivity index (χ4n) is 0.835. The molecule has 0 radical (unpaired) electrons. The maximum absolute atomic E-state index is 12.7. The second kappa shape index (κ2) is 4.21. The van der Waals surface area contributed by atoms with Crippen LogP contribution in [0.15, 0.2) is 10.5 Å². The van der Waals surface area contributed by atoms with Crippen molar-refractivity contribution >= 4 is 33.0 Å². The summed E-state index contributed by atoms with van der Waals surface area (Å²) in [5, 5.41) is 0. The van der Waals surface area contributed by atoms with Crippen LogP contribution in [0.25, 0.3) is 0 Å². The monoisotopic (exact) mass is 304 g/mol. The maximum Gasteiger partial charge on any atom is 0.369 e. The highest BCUT2D eigenvalue weighted by molar-refractivity contribution is 9.10. The summed E-state index contributed by atoms with van der Waals surface area (Å²) >= 11 is 3.77. The Kier molecular flexibility index (Phi) is 3.55. The van der Waals surface area contributed by atoms with Crippen LogP contribution in [0.4, 0.5) is 17.6 Å². The first-order valence-corrected chi connectivity index (χ1v) is 5.34. The van der Waals surface area contributed by atoms with E-state index in [4.69, 9.17) is 0 Å². The van der Waals surface area contributed by atoms with E-state index in [0.717, 1.165) is 17.4 Å². The van der Waals surface area contributed by atoms with Gasteiger partial charge in [-0.25, -0.2) is 8.78 Å². The highest BCUT2D eigenvalue weighted by Gasteiger charge is 2.49. The summed E-state index contributed by atoms with van der Waals surface area (Å²) in [7, 11) is 0. The van der Waals surface area contributed by atoms with E-state index >= 15 is 0 Å². The van der Waals surface area contributed by atoms with E-state index in [9.17, 15) is 22.4 Å². The van der Waals surface area contributed by atoms with E-state index in [1.165, 1.54) is 0 Å². The van der Waals surface area contributed by atoms with Crippen molar-refractivity contribution in [2.45, 2.75) is 19.3 Å². The summed E-state index contributed by atoms with van der Waals surface area (Å²) in [6.45, 7) is 1.59. The van der Waals surface area contributed by atoms with Crippen molar-refractivity contribution < 1.29 is 22.4 Å². The molecule has 0 aliphatic heterocycles. The second-order valence-corrected chi connectivity index (χ2v) is 4.88. The van der Waals surface area contributed by atoms with Gasteiger partial charge in [0.25, 0.3) is 0 Å². The summed E-state index contributed by atoms with van der Waals surface area (Å²) in [5.74, 6) is -6.45. The molecule has 1 heterocycles. The van der Waals surface area contributed by atoms with Gasteiger partial charge in [-0.1, -0.05) is 0 Å². The van der Waals surface area contributed by atoms with Crippen LogP contribution in [-0.2, 0) is 0 Å². The highest BCUT2D eigenvalue weighted by Crippen LogP contribution is 2.33. The number of hydrogen-bond donors (Lipinski definition) is 0. The summed E-state index contributed by atoms with van der Waals surface area (Å²) in [6, 6.07) is 1.12. The van der Waals surface area contributed by atoms with Gasteiger partial charge in [0.15, 0.2) is 0 Å². The van der Waals surface area contributed by atoms with Gasteiger partial charge in [0, 0.05) is 9.35 Å². The Morgan fingerprint density at radius 2 is 2.07 bits per heavy atom.